The van der Waals surface area contributed by atoms with Crippen LogP contribution in [0.4, 0.5) is 0 Å². The Hall–Kier alpha value is -3.51. The molecule has 0 amide bonds. The van der Waals surface area contributed by atoms with Crippen molar-refractivity contribution in [2.75, 3.05) is 19.6 Å². The van der Waals surface area contributed by atoms with Crippen molar-refractivity contribution in [2.24, 2.45) is 7.05 Å². The maximum atomic E-state index is 9.35. The van der Waals surface area contributed by atoms with Crippen LogP contribution in [0.3, 0.4) is 0 Å². The van der Waals surface area contributed by atoms with E-state index >= 15 is 0 Å². The molecule has 0 saturated carbocycles. The second-order valence-electron chi connectivity index (χ2n) is 7.57. The molecule has 4 aromatic heterocycles. The lowest BCUT2D eigenvalue weighted by Crippen LogP contribution is -2.62. The Labute approximate surface area is 167 Å². The van der Waals surface area contributed by atoms with Crippen LogP contribution in [0.15, 0.2) is 43.2 Å². The lowest BCUT2D eigenvalue weighted by molar-refractivity contribution is 0.00951. The fraction of sp³-hybridized carbons (Fsp3) is 0.350. The van der Waals surface area contributed by atoms with E-state index in [1.165, 1.54) is 0 Å². The number of aryl methyl sites for hydroxylation is 1. The number of likely N-dealkylation sites (tertiary alicyclic amines) is 1. The summed E-state index contributed by atoms with van der Waals surface area (Å²) in [7, 11) is 1.88. The third-order valence-corrected chi connectivity index (χ3v) is 5.62. The van der Waals surface area contributed by atoms with Crippen LogP contribution in [-0.4, -0.2) is 58.7 Å². The van der Waals surface area contributed by atoms with E-state index in [0.29, 0.717) is 6.42 Å². The van der Waals surface area contributed by atoms with Gasteiger partial charge in [0.15, 0.2) is 0 Å². The minimum atomic E-state index is -0.263. The molecule has 1 fully saturated rings. The maximum Gasteiger partial charge on any atom is 0.101 e. The summed E-state index contributed by atoms with van der Waals surface area (Å²) in [6.45, 7) is 4.79. The molecule has 0 spiro atoms. The van der Waals surface area contributed by atoms with Crippen LogP contribution in [-0.2, 0) is 12.6 Å². The van der Waals surface area contributed by atoms with Crippen LogP contribution in [0, 0.1) is 11.3 Å². The highest BCUT2D eigenvalue weighted by Crippen LogP contribution is 2.34. The molecule has 0 bridgehead atoms. The summed E-state index contributed by atoms with van der Waals surface area (Å²) in [5.74, 6) is 0. The molecule has 0 unspecified atom stereocenters. The highest BCUT2D eigenvalue weighted by molar-refractivity contribution is 5.78. The van der Waals surface area contributed by atoms with Crippen molar-refractivity contribution in [3.63, 3.8) is 0 Å². The molecule has 0 N–H and O–H groups in total. The molecule has 0 aromatic carbocycles. The molecule has 5 rings (SSSR count). The van der Waals surface area contributed by atoms with Gasteiger partial charge in [0.1, 0.15) is 5.54 Å². The molecule has 9 nitrogen and oxygen atoms in total. The van der Waals surface area contributed by atoms with E-state index in [4.69, 9.17) is 4.98 Å². The van der Waals surface area contributed by atoms with E-state index in [9.17, 15) is 5.26 Å². The van der Waals surface area contributed by atoms with Crippen molar-refractivity contribution in [1.82, 2.24) is 39.1 Å². The normalized spacial score (nSPS) is 16.0. The Morgan fingerprint density at radius 1 is 1.10 bits per heavy atom. The fourth-order valence-electron chi connectivity index (χ4n) is 4.03. The molecular weight excluding hydrogens is 366 g/mol. The lowest BCUT2D eigenvalue weighted by Gasteiger charge is -2.48. The van der Waals surface area contributed by atoms with Gasteiger partial charge in [-0.05, 0) is 12.6 Å². The van der Waals surface area contributed by atoms with Crippen molar-refractivity contribution < 1.29 is 0 Å². The predicted octanol–water partition coefficient (Wildman–Crippen LogP) is 1.94. The Morgan fingerprint density at radius 3 is 2.66 bits per heavy atom. The smallest absolute Gasteiger partial charge is 0.101 e. The van der Waals surface area contributed by atoms with Crippen LogP contribution in [0.2, 0.25) is 0 Å². The number of nitrogens with zero attached hydrogens (tertiary/aromatic N) is 9. The van der Waals surface area contributed by atoms with E-state index < -0.39 is 0 Å². The van der Waals surface area contributed by atoms with Crippen molar-refractivity contribution in [2.45, 2.75) is 18.9 Å². The summed E-state index contributed by atoms with van der Waals surface area (Å²) < 4.78 is 5.53. The van der Waals surface area contributed by atoms with Gasteiger partial charge >= 0.3 is 0 Å². The number of hydrogen-bond donors (Lipinski definition) is 0. The Bertz CT molecular complexity index is 1220. The minimum Gasteiger partial charge on any atom is -0.299 e. The third kappa shape index (κ3) is 2.80. The zero-order chi connectivity index (χ0) is 20.0. The van der Waals surface area contributed by atoms with Crippen molar-refractivity contribution >= 4 is 5.52 Å². The number of aromatic nitrogens is 7. The molecule has 29 heavy (non-hydrogen) atoms. The first-order valence-electron chi connectivity index (χ1n) is 9.60. The Morgan fingerprint density at radius 2 is 1.93 bits per heavy atom. The average molecular weight is 387 g/mol. The Balaban J connectivity index is 1.58. The molecule has 1 saturated heterocycles. The predicted molar refractivity (Wildman–Crippen MR) is 107 cm³/mol. The number of rotatable bonds is 5. The fourth-order valence-corrected chi connectivity index (χ4v) is 4.03. The summed E-state index contributed by atoms with van der Waals surface area (Å²) in [5.41, 5.74) is 4.10. The van der Waals surface area contributed by atoms with Crippen LogP contribution >= 0.6 is 0 Å². The molecular formula is C20H21N9. The van der Waals surface area contributed by atoms with Crippen molar-refractivity contribution in [3.05, 3.63) is 43.2 Å². The third-order valence-electron chi connectivity index (χ3n) is 5.62. The summed E-state index contributed by atoms with van der Waals surface area (Å²) in [5, 5.41) is 22.6. The number of hydrogen-bond acceptors (Lipinski definition) is 6. The van der Waals surface area contributed by atoms with E-state index in [2.05, 4.69) is 33.2 Å². The van der Waals surface area contributed by atoms with E-state index in [0.717, 1.165) is 47.7 Å². The zero-order valence-electron chi connectivity index (χ0n) is 16.4. The van der Waals surface area contributed by atoms with Gasteiger partial charge in [-0.1, -0.05) is 6.92 Å². The second-order valence-corrected chi connectivity index (χ2v) is 7.57. The zero-order valence-corrected chi connectivity index (χ0v) is 16.4. The van der Waals surface area contributed by atoms with Gasteiger partial charge in [0.25, 0.3) is 0 Å². The lowest BCUT2D eigenvalue weighted by atomic mass is 9.87. The van der Waals surface area contributed by atoms with E-state index in [1.54, 1.807) is 17.1 Å². The standard InChI is InChI=1S/C20H21N9/c1-3-27-13-20(14-27,5-6-21)29-11-16(9-24-29)19-18-4-7-22-28(18)12-17(25-19)15-8-23-26(2)10-15/h4,7-12H,3,5,13-14H2,1-2H3. The number of nitriles is 1. The summed E-state index contributed by atoms with van der Waals surface area (Å²) in [6.07, 6.45) is 11.7. The minimum absolute atomic E-state index is 0.263. The molecule has 146 valence electrons. The number of likely N-dealkylation sites (N-methyl/N-ethyl adjacent to an activating group) is 1. The summed E-state index contributed by atoms with van der Waals surface area (Å²) in [6, 6.07) is 4.28. The van der Waals surface area contributed by atoms with Crippen LogP contribution in [0.1, 0.15) is 13.3 Å². The van der Waals surface area contributed by atoms with Gasteiger partial charge in [-0.25, -0.2) is 9.50 Å². The van der Waals surface area contributed by atoms with Crippen LogP contribution in [0.5, 0.6) is 0 Å². The van der Waals surface area contributed by atoms with E-state index in [1.807, 2.05) is 47.1 Å². The largest absolute Gasteiger partial charge is 0.299 e. The molecule has 9 heteroatoms. The molecule has 0 atom stereocenters. The highest BCUT2D eigenvalue weighted by Gasteiger charge is 2.44. The quantitative estimate of drug-likeness (QED) is 0.520. The van der Waals surface area contributed by atoms with Gasteiger partial charge in [0, 0.05) is 43.7 Å². The maximum absolute atomic E-state index is 9.35. The van der Waals surface area contributed by atoms with Crippen LogP contribution in [0.25, 0.3) is 28.0 Å². The van der Waals surface area contributed by atoms with Gasteiger partial charge in [-0.3, -0.25) is 14.3 Å². The highest BCUT2D eigenvalue weighted by atomic mass is 15.4. The first kappa shape index (κ1) is 17.6. The first-order chi connectivity index (χ1) is 14.1. The monoisotopic (exact) mass is 387 g/mol. The van der Waals surface area contributed by atoms with E-state index in [-0.39, 0.29) is 5.54 Å². The molecule has 0 aliphatic carbocycles. The first-order valence-corrected chi connectivity index (χ1v) is 9.60. The Kier molecular flexibility index (Phi) is 3.96. The average Bonchev–Trinajstić information content (AvgIpc) is 3.43. The molecule has 0 radical (unpaired) electrons. The molecule has 4 aromatic rings. The van der Waals surface area contributed by atoms with Gasteiger partial charge in [0.05, 0.1) is 54.2 Å². The van der Waals surface area contributed by atoms with Crippen molar-refractivity contribution in [1.29, 1.82) is 5.26 Å². The van der Waals surface area contributed by atoms with Crippen molar-refractivity contribution in [3.8, 4) is 28.6 Å². The SMILES string of the molecule is CCN1CC(CC#N)(n2cc(-c3nc(-c4cnn(C)c4)cn4nccc34)cn2)C1. The topological polar surface area (TPSA) is 92.9 Å². The van der Waals surface area contributed by atoms with Gasteiger partial charge in [-0.2, -0.15) is 20.6 Å². The summed E-state index contributed by atoms with van der Waals surface area (Å²) >= 11 is 0. The van der Waals surface area contributed by atoms with Gasteiger partial charge in [0.2, 0.25) is 0 Å². The second kappa shape index (κ2) is 6.53. The van der Waals surface area contributed by atoms with Gasteiger partial charge in [-0.15, -0.1) is 0 Å². The molecule has 1 aliphatic rings. The van der Waals surface area contributed by atoms with Crippen LogP contribution < -0.4 is 0 Å². The molecule has 1 aliphatic heterocycles. The molecule has 5 heterocycles. The summed E-state index contributed by atoms with van der Waals surface area (Å²) in [4.78, 5) is 7.21. The number of fused-ring (bicyclic) bond motifs is 1. The van der Waals surface area contributed by atoms with Gasteiger partial charge < -0.3 is 0 Å².